The highest BCUT2D eigenvalue weighted by Crippen LogP contribution is 2.43. The third-order valence-electron chi connectivity index (χ3n) is 12.9. The SMILES string of the molecule is CCCCCCC/C=C\C/C=C\CCCCCCCCCCCCCC(=O)NC(COP(=O)(O)OCC[N+](C)(C)C)C(O)/C=C/CC/C=C/CC/C=C/CCCCCCCCCCCCCCCC. The fraction of sp³-hybridized carbons (Fsp3) is 0.817. The number of rotatable bonds is 53. The summed E-state index contributed by atoms with van der Waals surface area (Å²) in [7, 11) is 1.55. The summed E-state index contributed by atoms with van der Waals surface area (Å²) in [5.41, 5.74) is 0. The zero-order chi connectivity index (χ0) is 50.6. The van der Waals surface area contributed by atoms with E-state index in [2.05, 4.69) is 67.8 Å². The van der Waals surface area contributed by atoms with Gasteiger partial charge in [-0.1, -0.05) is 242 Å². The Labute approximate surface area is 428 Å². The van der Waals surface area contributed by atoms with Gasteiger partial charge < -0.3 is 19.8 Å². The van der Waals surface area contributed by atoms with E-state index in [9.17, 15) is 19.4 Å². The lowest BCUT2D eigenvalue weighted by Crippen LogP contribution is -2.45. The van der Waals surface area contributed by atoms with Crippen molar-refractivity contribution < 1.29 is 32.9 Å². The Balaban J connectivity index is 4.29. The lowest BCUT2D eigenvalue weighted by Gasteiger charge is -2.25. The summed E-state index contributed by atoms with van der Waals surface area (Å²) in [5, 5.41) is 13.9. The maximum Gasteiger partial charge on any atom is 0.472 e. The van der Waals surface area contributed by atoms with Crippen LogP contribution in [0.15, 0.2) is 60.8 Å². The number of amides is 1. The molecule has 0 aliphatic rings. The number of nitrogens with one attached hydrogen (secondary N) is 1. The van der Waals surface area contributed by atoms with Crippen molar-refractivity contribution in [1.82, 2.24) is 5.32 Å². The number of quaternary nitrogens is 1. The van der Waals surface area contributed by atoms with Gasteiger partial charge >= 0.3 is 7.82 Å². The van der Waals surface area contributed by atoms with E-state index in [1.54, 1.807) is 6.08 Å². The first-order valence-corrected chi connectivity index (χ1v) is 30.7. The monoisotopic (exact) mass is 990 g/mol. The van der Waals surface area contributed by atoms with Crippen LogP contribution in [0.1, 0.15) is 264 Å². The van der Waals surface area contributed by atoms with Crippen LogP contribution in [-0.2, 0) is 18.4 Å². The number of likely N-dealkylation sites (N-methyl/N-ethyl adjacent to an activating group) is 1. The van der Waals surface area contributed by atoms with Crippen molar-refractivity contribution in [2.24, 2.45) is 0 Å². The van der Waals surface area contributed by atoms with Gasteiger partial charge in [0.25, 0.3) is 0 Å². The molecular weight excluding hydrogens is 876 g/mol. The van der Waals surface area contributed by atoms with E-state index in [0.29, 0.717) is 17.4 Å². The summed E-state index contributed by atoms with van der Waals surface area (Å²) in [5.74, 6) is -0.192. The fourth-order valence-electron chi connectivity index (χ4n) is 8.34. The second kappa shape index (κ2) is 51.1. The van der Waals surface area contributed by atoms with Crippen molar-refractivity contribution in [3.05, 3.63) is 60.8 Å². The first-order chi connectivity index (χ1) is 33.5. The van der Waals surface area contributed by atoms with Gasteiger partial charge in [0, 0.05) is 6.42 Å². The van der Waals surface area contributed by atoms with Crippen molar-refractivity contribution in [2.45, 2.75) is 276 Å². The molecule has 3 unspecified atom stereocenters. The molecule has 0 radical (unpaired) electrons. The average Bonchev–Trinajstić information content (AvgIpc) is 3.31. The predicted octanol–water partition coefficient (Wildman–Crippen LogP) is 17.7. The second-order valence-corrected chi connectivity index (χ2v) is 22.4. The summed E-state index contributed by atoms with van der Waals surface area (Å²) in [4.78, 5) is 23.3. The van der Waals surface area contributed by atoms with Crippen molar-refractivity contribution in [3.8, 4) is 0 Å². The molecule has 0 rings (SSSR count). The minimum absolute atomic E-state index is 0.0517. The minimum Gasteiger partial charge on any atom is -0.387 e. The number of hydrogen-bond acceptors (Lipinski definition) is 5. The molecule has 0 fully saturated rings. The normalized spacial score (nSPS) is 14.4. The van der Waals surface area contributed by atoms with E-state index in [-0.39, 0.29) is 19.1 Å². The molecule has 0 aromatic rings. The molecule has 9 heteroatoms. The molecule has 69 heavy (non-hydrogen) atoms. The van der Waals surface area contributed by atoms with Crippen LogP contribution in [0.25, 0.3) is 0 Å². The van der Waals surface area contributed by atoms with Crippen molar-refractivity contribution in [3.63, 3.8) is 0 Å². The van der Waals surface area contributed by atoms with Gasteiger partial charge in [-0.3, -0.25) is 13.8 Å². The molecule has 8 nitrogen and oxygen atoms in total. The third-order valence-corrected chi connectivity index (χ3v) is 13.9. The number of aliphatic hydroxyl groups excluding tert-OH is 1. The molecule has 1 amide bonds. The lowest BCUT2D eigenvalue weighted by atomic mass is 10.0. The maximum absolute atomic E-state index is 13.0. The fourth-order valence-corrected chi connectivity index (χ4v) is 9.08. The summed E-state index contributed by atoms with van der Waals surface area (Å²) in [6, 6.07) is -0.874. The van der Waals surface area contributed by atoms with Gasteiger partial charge in [-0.2, -0.15) is 0 Å². The highest BCUT2D eigenvalue weighted by atomic mass is 31.2. The molecule has 0 aliphatic heterocycles. The summed E-state index contributed by atoms with van der Waals surface area (Å²) in [6.45, 7) is 4.80. The van der Waals surface area contributed by atoms with Crippen LogP contribution in [0.5, 0.6) is 0 Å². The Bertz CT molecular complexity index is 1310. The van der Waals surface area contributed by atoms with Crippen LogP contribution in [0.2, 0.25) is 0 Å². The van der Waals surface area contributed by atoms with Crippen molar-refractivity contribution >= 4 is 13.7 Å². The van der Waals surface area contributed by atoms with Crippen LogP contribution in [0.3, 0.4) is 0 Å². The molecule has 0 aromatic carbocycles. The van der Waals surface area contributed by atoms with Gasteiger partial charge in [0.15, 0.2) is 0 Å². The summed E-state index contributed by atoms with van der Waals surface area (Å²) in [6.07, 6.45) is 69.0. The van der Waals surface area contributed by atoms with Gasteiger partial charge in [-0.05, 0) is 77.0 Å². The molecular formula is C60H114N2O6P+. The Hall–Kier alpha value is -1.80. The van der Waals surface area contributed by atoms with E-state index in [0.717, 1.165) is 51.4 Å². The Morgan fingerprint density at radius 3 is 1.25 bits per heavy atom. The van der Waals surface area contributed by atoms with Crippen LogP contribution in [0, 0.1) is 0 Å². The van der Waals surface area contributed by atoms with Crippen LogP contribution < -0.4 is 5.32 Å². The predicted molar refractivity (Wildman–Crippen MR) is 300 cm³/mol. The number of allylic oxidation sites excluding steroid dienone is 9. The van der Waals surface area contributed by atoms with E-state index < -0.39 is 20.0 Å². The Morgan fingerprint density at radius 2 is 0.841 bits per heavy atom. The number of unbranched alkanes of at least 4 members (excludes halogenated alkanes) is 32. The van der Waals surface area contributed by atoms with Gasteiger partial charge in [-0.25, -0.2) is 4.57 Å². The minimum atomic E-state index is -4.36. The third kappa shape index (κ3) is 53.8. The molecule has 0 saturated heterocycles. The zero-order valence-corrected chi connectivity index (χ0v) is 46.9. The van der Waals surface area contributed by atoms with Crippen molar-refractivity contribution in [2.75, 3.05) is 40.9 Å². The van der Waals surface area contributed by atoms with Gasteiger partial charge in [0.2, 0.25) is 5.91 Å². The number of aliphatic hydroxyl groups is 1. The molecule has 404 valence electrons. The molecule has 3 N–H and O–H groups in total. The standard InChI is InChI=1S/C60H113N2O6P/c1-6-8-10-12-14-16-18-20-22-24-26-28-30-32-33-35-37-39-41-43-45-47-49-51-53-59(63)58(57-68-69(65,66)67-56-55-62(3,4)5)61-60(64)54-52-50-48-46-44-42-40-38-36-34-31-29-27-25-23-21-19-17-15-13-11-9-7-2/h19,21,25,27,35,37,43,45,51,53,58-59,63H,6-18,20,22-24,26,28-34,36,38-42,44,46-50,52,54-57H2,1-5H3,(H-,61,64,65,66)/p+1/b21-19-,27-25-,37-35+,45-43+,53-51+. The van der Waals surface area contributed by atoms with Gasteiger partial charge in [0.05, 0.1) is 39.9 Å². The Kier molecular flexibility index (Phi) is 49.8. The van der Waals surface area contributed by atoms with Crippen LogP contribution in [0.4, 0.5) is 0 Å². The molecule has 0 heterocycles. The first kappa shape index (κ1) is 67.2. The highest BCUT2D eigenvalue weighted by Gasteiger charge is 2.27. The number of phosphoric acid groups is 1. The molecule has 0 aliphatic carbocycles. The topological polar surface area (TPSA) is 105 Å². The average molecular weight is 991 g/mol. The molecule has 0 aromatic heterocycles. The number of carbonyl (C=O) groups is 1. The molecule has 3 atom stereocenters. The van der Waals surface area contributed by atoms with Gasteiger partial charge in [0.1, 0.15) is 13.2 Å². The number of carbonyl (C=O) groups excluding carboxylic acids is 1. The van der Waals surface area contributed by atoms with E-state index in [4.69, 9.17) is 9.05 Å². The van der Waals surface area contributed by atoms with Gasteiger partial charge in [-0.15, -0.1) is 0 Å². The quantitative estimate of drug-likeness (QED) is 0.0243. The zero-order valence-electron chi connectivity index (χ0n) is 46.0. The largest absolute Gasteiger partial charge is 0.472 e. The second-order valence-electron chi connectivity index (χ2n) is 21.0. The number of hydrogen-bond donors (Lipinski definition) is 3. The smallest absolute Gasteiger partial charge is 0.387 e. The first-order valence-electron chi connectivity index (χ1n) is 29.2. The molecule has 0 bridgehead atoms. The van der Waals surface area contributed by atoms with Crippen LogP contribution in [-0.4, -0.2) is 73.4 Å². The summed E-state index contributed by atoms with van der Waals surface area (Å²) >= 11 is 0. The van der Waals surface area contributed by atoms with Crippen molar-refractivity contribution in [1.29, 1.82) is 0 Å². The highest BCUT2D eigenvalue weighted by molar-refractivity contribution is 7.47. The Morgan fingerprint density at radius 1 is 0.493 bits per heavy atom. The molecule has 0 saturated carbocycles. The maximum atomic E-state index is 13.0. The van der Waals surface area contributed by atoms with Crippen LogP contribution >= 0.6 is 7.82 Å². The summed E-state index contributed by atoms with van der Waals surface area (Å²) < 4.78 is 23.7. The molecule has 0 spiro atoms. The number of nitrogens with zero attached hydrogens (tertiary/aromatic N) is 1. The van der Waals surface area contributed by atoms with E-state index in [1.807, 2.05) is 27.2 Å². The van der Waals surface area contributed by atoms with E-state index >= 15 is 0 Å². The number of phosphoric ester groups is 1. The van der Waals surface area contributed by atoms with E-state index in [1.165, 1.54) is 193 Å². The lowest BCUT2D eigenvalue weighted by molar-refractivity contribution is -0.870.